The van der Waals surface area contributed by atoms with Crippen molar-refractivity contribution in [3.05, 3.63) is 29.8 Å². The summed E-state index contributed by atoms with van der Waals surface area (Å²) in [6.45, 7) is 4.67. The van der Waals surface area contributed by atoms with Crippen LogP contribution in [0, 0.1) is 0 Å². The Hall–Kier alpha value is -1.40. The fourth-order valence-electron chi connectivity index (χ4n) is 2.14. The third kappa shape index (κ3) is 3.19. The van der Waals surface area contributed by atoms with Crippen LogP contribution in [0.4, 0.5) is 0 Å². The van der Waals surface area contributed by atoms with Crippen LogP contribution in [0.25, 0.3) is 0 Å². The molecule has 0 radical (unpaired) electrons. The van der Waals surface area contributed by atoms with Crippen molar-refractivity contribution in [2.45, 2.75) is 32.8 Å². The quantitative estimate of drug-likeness (QED) is 0.853. The van der Waals surface area contributed by atoms with Crippen LogP contribution in [0.1, 0.15) is 37.0 Å². The summed E-state index contributed by atoms with van der Waals surface area (Å²) in [5.41, 5.74) is 0.174. The van der Waals surface area contributed by atoms with Crippen LogP contribution in [-0.4, -0.2) is 37.0 Å². The Morgan fingerprint density at radius 2 is 1.70 bits per heavy atom. The van der Waals surface area contributed by atoms with Crippen LogP contribution < -0.4 is 4.74 Å². The van der Waals surface area contributed by atoms with Gasteiger partial charge in [-0.3, -0.25) is 4.79 Å². The number of carbonyl (C=O) groups excluding carboxylic acids is 1. The van der Waals surface area contributed by atoms with E-state index >= 15 is 0 Å². The lowest BCUT2D eigenvalue weighted by atomic mass is 10.2. The third-order valence-electron chi connectivity index (χ3n) is 3.10. The zero-order chi connectivity index (χ0) is 14.8. The highest BCUT2D eigenvalue weighted by atomic mass is 32.2. The predicted molar refractivity (Wildman–Crippen MR) is 76.3 cm³/mol. The summed E-state index contributed by atoms with van der Waals surface area (Å²) in [7, 11) is -3.87. The van der Waals surface area contributed by atoms with Crippen molar-refractivity contribution in [3.63, 3.8) is 0 Å². The van der Waals surface area contributed by atoms with E-state index in [9.17, 15) is 13.2 Å². The molecule has 1 heterocycles. The van der Waals surface area contributed by atoms with Crippen LogP contribution in [-0.2, 0) is 10.0 Å². The second kappa shape index (κ2) is 5.93. The molecule has 0 unspecified atom stereocenters. The first-order chi connectivity index (χ1) is 9.41. The fourth-order valence-corrected chi connectivity index (χ4v) is 3.54. The highest BCUT2D eigenvalue weighted by molar-refractivity contribution is 8.04. The Balaban J connectivity index is 2.16. The molecule has 0 saturated carbocycles. The van der Waals surface area contributed by atoms with Gasteiger partial charge in [0.1, 0.15) is 5.75 Å². The molecule has 0 spiro atoms. The Morgan fingerprint density at radius 1 is 1.15 bits per heavy atom. The number of benzene rings is 1. The van der Waals surface area contributed by atoms with Crippen molar-refractivity contribution in [1.29, 1.82) is 0 Å². The van der Waals surface area contributed by atoms with Crippen LogP contribution in [0.15, 0.2) is 24.3 Å². The van der Waals surface area contributed by atoms with Crippen LogP contribution >= 0.6 is 0 Å². The minimum Gasteiger partial charge on any atom is -0.491 e. The summed E-state index contributed by atoms with van der Waals surface area (Å²) >= 11 is 0. The molecule has 1 aromatic rings. The lowest BCUT2D eigenvalue weighted by Crippen LogP contribution is -2.33. The first-order valence-corrected chi connectivity index (χ1v) is 8.16. The lowest BCUT2D eigenvalue weighted by molar-refractivity contribution is 0.106. The zero-order valence-corrected chi connectivity index (χ0v) is 12.5. The van der Waals surface area contributed by atoms with Gasteiger partial charge >= 0.3 is 0 Å². The summed E-state index contributed by atoms with van der Waals surface area (Å²) in [5.74, 6) is 0.620. The molecule has 110 valence electrons. The maximum absolute atomic E-state index is 12.1. The zero-order valence-electron chi connectivity index (χ0n) is 11.7. The summed E-state index contributed by atoms with van der Waals surface area (Å²) in [6.07, 6.45) is 1.66. The monoisotopic (exact) mass is 297 g/mol. The van der Waals surface area contributed by atoms with Crippen LogP contribution in [0.2, 0.25) is 0 Å². The average molecular weight is 297 g/mol. The number of ether oxygens (including phenoxy) is 1. The van der Waals surface area contributed by atoms with Gasteiger partial charge in [0.25, 0.3) is 15.1 Å². The highest BCUT2D eigenvalue weighted by Crippen LogP contribution is 2.19. The molecule has 2 rings (SSSR count). The summed E-state index contributed by atoms with van der Waals surface area (Å²) < 4.78 is 31.0. The minimum absolute atomic E-state index is 0.0323. The molecule has 0 aromatic heterocycles. The van der Waals surface area contributed by atoms with Crippen molar-refractivity contribution in [2.24, 2.45) is 0 Å². The van der Waals surface area contributed by atoms with Gasteiger partial charge in [0, 0.05) is 18.7 Å². The Labute approximate surface area is 119 Å². The van der Waals surface area contributed by atoms with Crippen LogP contribution in [0.5, 0.6) is 5.75 Å². The molecular weight excluding hydrogens is 278 g/mol. The number of carbonyl (C=O) groups is 1. The second-order valence-electron chi connectivity index (χ2n) is 5.09. The van der Waals surface area contributed by atoms with Crippen LogP contribution in [0.3, 0.4) is 0 Å². The number of hydrogen-bond acceptors (Lipinski definition) is 4. The molecule has 1 aromatic carbocycles. The van der Waals surface area contributed by atoms with Gasteiger partial charge < -0.3 is 4.74 Å². The number of hydrogen-bond donors (Lipinski definition) is 0. The van der Waals surface area contributed by atoms with E-state index in [0.29, 0.717) is 18.8 Å². The van der Waals surface area contributed by atoms with E-state index in [1.165, 1.54) is 16.4 Å². The van der Waals surface area contributed by atoms with Crippen molar-refractivity contribution < 1.29 is 17.9 Å². The molecule has 0 bridgehead atoms. The minimum atomic E-state index is -3.87. The summed E-state index contributed by atoms with van der Waals surface area (Å²) in [5, 5.41) is -0.838. The topological polar surface area (TPSA) is 63.7 Å². The molecule has 1 aliphatic rings. The van der Waals surface area contributed by atoms with Gasteiger partial charge in [0.15, 0.2) is 0 Å². The molecule has 1 aliphatic heterocycles. The van der Waals surface area contributed by atoms with E-state index in [1.54, 1.807) is 12.1 Å². The third-order valence-corrected chi connectivity index (χ3v) is 4.85. The standard InChI is InChI=1S/C14H19NO4S/c1-11(2)19-13-7-5-12(6-8-13)14(16)20(17,18)15-9-3-4-10-15/h5-8,11H,3-4,9-10H2,1-2H3. The number of nitrogens with zero attached hydrogens (tertiary/aromatic N) is 1. The summed E-state index contributed by atoms with van der Waals surface area (Å²) in [4.78, 5) is 12.1. The van der Waals surface area contributed by atoms with E-state index in [1.807, 2.05) is 13.8 Å². The Bertz CT molecular complexity index is 572. The van der Waals surface area contributed by atoms with Gasteiger partial charge in [-0.05, 0) is 51.0 Å². The van der Waals surface area contributed by atoms with Gasteiger partial charge in [0.05, 0.1) is 6.10 Å². The lowest BCUT2D eigenvalue weighted by Gasteiger charge is -2.14. The molecule has 20 heavy (non-hydrogen) atoms. The van der Waals surface area contributed by atoms with Crippen molar-refractivity contribution >= 4 is 15.1 Å². The molecule has 0 amide bonds. The average Bonchev–Trinajstić information content (AvgIpc) is 2.92. The van der Waals surface area contributed by atoms with Crippen molar-refractivity contribution in [2.75, 3.05) is 13.1 Å². The second-order valence-corrected chi connectivity index (χ2v) is 6.93. The Morgan fingerprint density at radius 3 is 2.20 bits per heavy atom. The molecule has 1 fully saturated rings. The first-order valence-electron chi connectivity index (χ1n) is 6.72. The van der Waals surface area contributed by atoms with Gasteiger partial charge in [0.2, 0.25) is 0 Å². The SMILES string of the molecule is CC(C)Oc1ccc(C(=O)S(=O)(=O)N2CCCC2)cc1. The normalized spacial score (nSPS) is 16.6. The molecular formula is C14H19NO4S. The van der Waals surface area contributed by atoms with Gasteiger partial charge in [-0.1, -0.05) is 0 Å². The maximum atomic E-state index is 12.1. The highest BCUT2D eigenvalue weighted by Gasteiger charge is 2.33. The smallest absolute Gasteiger partial charge is 0.291 e. The molecule has 0 N–H and O–H groups in total. The van der Waals surface area contributed by atoms with E-state index in [-0.39, 0.29) is 11.7 Å². The molecule has 1 saturated heterocycles. The van der Waals surface area contributed by atoms with Gasteiger partial charge in [-0.2, -0.15) is 4.31 Å². The van der Waals surface area contributed by atoms with E-state index in [0.717, 1.165) is 12.8 Å². The van der Waals surface area contributed by atoms with Crippen molar-refractivity contribution in [3.8, 4) is 5.75 Å². The first kappa shape index (κ1) is 15.0. The molecule has 0 atom stereocenters. The molecule has 0 aliphatic carbocycles. The molecule has 6 heteroatoms. The van der Waals surface area contributed by atoms with Crippen molar-refractivity contribution in [1.82, 2.24) is 4.31 Å². The largest absolute Gasteiger partial charge is 0.491 e. The van der Waals surface area contributed by atoms with E-state index in [2.05, 4.69) is 0 Å². The fraction of sp³-hybridized carbons (Fsp3) is 0.500. The van der Waals surface area contributed by atoms with E-state index in [4.69, 9.17) is 4.74 Å². The Kier molecular flexibility index (Phi) is 4.45. The number of sulfonamides is 1. The number of rotatable bonds is 4. The predicted octanol–water partition coefficient (Wildman–Crippen LogP) is 2.04. The molecule has 5 nitrogen and oxygen atoms in total. The summed E-state index contributed by atoms with van der Waals surface area (Å²) in [6, 6.07) is 6.22. The van der Waals surface area contributed by atoms with Gasteiger partial charge in [-0.15, -0.1) is 0 Å². The van der Waals surface area contributed by atoms with Gasteiger partial charge in [-0.25, -0.2) is 8.42 Å². The van der Waals surface area contributed by atoms with E-state index < -0.39 is 15.1 Å². The maximum Gasteiger partial charge on any atom is 0.291 e.